The predicted molar refractivity (Wildman–Crippen MR) is 58.4 cm³/mol. The van der Waals surface area contributed by atoms with Crippen LogP contribution in [0.2, 0.25) is 5.02 Å². The van der Waals surface area contributed by atoms with E-state index in [1.807, 2.05) is 0 Å². The molecule has 0 atom stereocenters. The van der Waals surface area contributed by atoms with Gasteiger partial charge in [0.2, 0.25) is 0 Å². The van der Waals surface area contributed by atoms with Crippen molar-refractivity contribution in [2.75, 3.05) is 11.9 Å². The molecule has 13 heavy (non-hydrogen) atoms. The highest BCUT2D eigenvalue weighted by molar-refractivity contribution is 9.10. The molecule has 0 saturated heterocycles. The smallest absolute Gasteiger partial charge is 0.173 e. The molecule has 1 rings (SSSR count). The molecule has 0 heterocycles. The number of rotatable bonds is 3. The molecule has 0 radical (unpaired) electrons. The first-order valence-electron chi connectivity index (χ1n) is 3.48. The largest absolute Gasteiger partial charge is 0.488 e. The van der Waals surface area contributed by atoms with E-state index in [2.05, 4.69) is 31.9 Å². The molecule has 0 aliphatic heterocycles. The molecule has 1 nitrogen and oxygen atoms in total. The van der Waals surface area contributed by atoms with E-state index in [0.717, 1.165) is 0 Å². The summed E-state index contributed by atoms with van der Waals surface area (Å²) in [5, 5.41) is 0.909. The minimum absolute atomic E-state index is 0.101. The molecule has 0 fully saturated rings. The minimum atomic E-state index is -0.458. The Kier molecular flexibility index (Phi) is 4.49. The fourth-order valence-corrected chi connectivity index (χ4v) is 1.79. The zero-order chi connectivity index (χ0) is 9.84. The van der Waals surface area contributed by atoms with Crippen LogP contribution < -0.4 is 4.74 Å². The van der Waals surface area contributed by atoms with E-state index in [1.54, 1.807) is 6.07 Å². The van der Waals surface area contributed by atoms with Gasteiger partial charge in [0.15, 0.2) is 11.6 Å². The first-order chi connectivity index (χ1) is 6.15. The van der Waals surface area contributed by atoms with E-state index in [9.17, 15) is 4.39 Å². The van der Waals surface area contributed by atoms with Crippen molar-refractivity contribution in [3.63, 3.8) is 0 Å². The van der Waals surface area contributed by atoms with Gasteiger partial charge in [-0.1, -0.05) is 43.5 Å². The summed E-state index contributed by atoms with van der Waals surface area (Å²) in [6, 6.07) is 2.91. The van der Waals surface area contributed by atoms with Crippen molar-refractivity contribution in [1.82, 2.24) is 0 Å². The lowest BCUT2D eigenvalue weighted by Gasteiger charge is -2.07. The molecule has 0 amide bonds. The van der Waals surface area contributed by atoms with E-state index in [4.69, 9.17) is 16.3 Å². The van der Waals surface area contributed by atoms with Crippen LogP contribution in [0.5, 0.6) is 5.75 Å². The monoisotopic (exact) mass is 330 g/mol. The second kappa shape index (κ2) is 5.17. The Balaban J connectivity index is 2.92. The molecule has 0 aliphatic carbocycles. The SMILES string of the molecule is Fc1cc(Br)cc(Cl)c1OCCBr. The highest BCUT2D eigenvalue weighted by atomic mass is 79.9. The van der Waals surface area contributed by atoms with Crippen molar-refractivity contribution in [3.8, 4) is 5.75 Å². The summed E-state index contributed by atoms with van der Waals surface area (Å²) >= 11 is 12.1. The van der Waals surface area contributed by atoms with Crippen molar-refractivity contribution < 1.29 is 9.13 Å². The summed E-state index contributed by atoms with van der Waals surface area (Å²) in [7, 11) is 0. The second-order valence-electron chi connectivity index (χ2n) is 2.24. The van der Waals surface area contributed by atoms with Gasteiger partial charge in [-0.05, 0) is 12.1 Å². The van der Waals surface area contributed by atoms with Gasteiger partial charge in [0, 0.05) is 9.80 Å². The Morgan fingerprint density at radius 3 is 2.69 bits per heavy atom. The Morgan fingerprint density at radius 2 is 2.15 bits per heavy atom. The quantitative estimate of drug-likeness (QED) is 0.760. The normalized spacial score (nSPS) is 10.2. The molecule has 0 unspecified atom stereocenters. The van der Waals surface area contributed by atoms with Crippen LogP contribution in [0.1, 0.15) is 0 Å². The van der Waals surface area contributed by atoms with Gasteiger partial charge in [-0.3, -0.25) is 0 Å². The van der Waals surface area contributed by atoms with Gasteiger partial charge in [-0.2, -0.15) is 0 Å². The molecular weight excluding hydrogens is 326 g/mol. The van der Waals surface area contributed by atoms with E-state index in [1.165, 1.54) is 6.07 Å². The third-order valence-corrected chi connectivity index (χ3v) is 2.35. The first-order valence-corrected chi connectivity index (χ1v) is 5.77. The maximum atomic E-state index is 13.2. The molecule has 0 bridgehead atoms. The fourth-order valence-electron chi connectivity index (χ4n) is 0.807. The fraction of sp³-hybridized carbons (Fsp3) is 0.250. The van der Waals surface area contributed by atoms with Gasteiger partial charge < -0.3 is 4.74 Å². The third-order valence-electron chi connectivity index (χ3n) is 1.29. The number of hydrogen-bond acceptors (Lipinski definition) is 1. The van der Waals surface area contributed by atoms with Crippen LogP contribution in [0.25, 0.3) is 0 Å². The summed E-state index contributed by atoms with van der Waals surface area (Å²) in [6.07, 6.45) is 0. The second-order valence-corrected chi connectivity index (χ2v) is 4.35. The molecule has 72 valence electrons. The summed E-state index contributed by atoms with van der Waals surface area (Å²) in [6.45, 7) is 0.387. The lowest BCUT2D eigenvalue weighted by Crippen LogP contribution is -2.00. The molecule has 0 aromatic heterocycles. The Bertz CT molecular complexity index is 283. The molecule has 0 saturated carbocycles. The topological polar surface area (TPSA) is 9.23 Å². The Labute approximate surface area is 97.5 Å². The Morgan fingerprint density at radius 1 is 1.46 bits per heavy atom. The van der Waals surface area contributed by atoms with Gasteiger partial charge >= 0.3 is 0 Å². The lowest BCUT2D eigenvalue weighted by molar-refractivity contribution is 0.326. The number of halogens is 4. The van der Waals surface area contributed by atoms with Crippen molar-refractivity contribution in [1.29, 1.82) is 0 Å². The van der Waals surface area contributed by atoms with E-state index in [-0.39, 0.29) is 10.8 Å². The summed E-state index contributed by atoms with van der Waals surface area (Å²) in [4.78, 5) is 0. The summed E-state index contributed by atoms with van der Waals surface area (Å²) in [5.74, 6) is -0.357. The van der Waals surface area contributed by atoms with E-state index >= 15 is 0 Å². The van der Waals surface area contributed by atoms with Gasteiger partial charge in [0.25, 0.3) is 0 Å². The van der Waals surface area contributed by atoms with Crippen molar-refractivity contribution >= 4 is 43.5 Å². The zero-order valence-corrected chi connectivity index (χ0v) is 10.4. The number of hydrogen-bond donors (Lipinski definition) is 0. The molecule has 1 aromatic rings. The summed E-state index contributed by atoms with van der Waals surface area (Å²) in [5.41, 5.74) is 0. The van der Waals surface area contributed by atoms with Crippen LogP contribution in [-0.2, 0) is 0 Å². The van der Waals surface area contributed by atoms with E-state index < -0.39 is 5.82 Å². The third kappa shape index (κ3) is 3.11. The van der Waals surface area contributed by atoms with Gasteiger partial charge in [0.05, 0.1) is 11.6 Å². The van der Waals surface area contributed by atoms with Crippen LogP contribution in [0.3, 0.4) is 0 Å². The number of benzene rings is 1. The van der Waals surface area contributed by atoms with Crippen molar-refractivity contribution in [3.05, 3.63) is 27.4 Å². The van der Waals surface area contributed by atoms with Crippen LogP contribution in [0.15, 0.2) is 16.6 Å². The average molecular weight is 332 g/mol. The summed E-state index contributed by atoms with van der Waals surface area (Å²) < 4.78 is 18.9. The molecule has 5 heteroatoms. The number of ether oxygens (including phenoxy) is 1. The molecule has 0 N–H and O–H groups in total. The van der Waals surface area contributed by atoms with Gasteiger partial charge in [-0.15, -0.1) is 0 Å². The van der Waals surface area contributed by atoms with Gasteiger partial charge in [0.1, 0.15) is 0 Å². The van der Waals surface area contributed by atoms with Crippen molar-refractivity contribution in [2.24, 2.45) is 0 Å². The predicted octanol–water partition coefficient (Wildman–Crippen LogP) is 4.02. The molecular formula is C8H6Br2ClFO. The highest BCUT2D eigenvalue weighted by Crippen LogP contribution is 2.31. The minimum Gasteiger partial charge on any atom is -0.488 e. The zero-order valence-electron chi connectivity index (χ0n) is 6.49. The lowest BCUT2D eigenvalue weighted by atomic mass is 10.3. The Hall–Kier alpha value is 0.200. The number of alkyl halides is 1. The van der Waals surface area contributed by atoms with E-state index in [0.29, 0.717) is 16.4 Å². The highest BCUT2D eigenvalue weighted by Gasteiger charge is 2.09. The van der Waals surface area contributed by atoms with Crippen LogP contribution >= 0.6 is 43.5 Å². The van der Waals surface area contributed by atoms with Crippen molar-refractivity contribution in [2.45, 2.75) is 0 Å². The van der Waals surface area contributed by atoms with Gasteiger partial charge in [-0.25, -0.2) is 4.39 Å². The van der Waals surface area contributed by atoms with Crippen LogP contribution in [-0.4, -0.2) is 11.9 Å². The standard InChI is InChI=1S/C8H6Br2ClFO/c9-1-2-13-8-6(11)3-5(10)4-7(8)12/h3-4H,1-2H2. The van der Waals surface area contributed by atoms with Crippen LogP contribution in [0.4, 0.5) is 4.39 Å². The average Bonchev–Trinajstić information content (AvgIpc) is 2.02. The van der Waals surface area contributed by atoms with Crippen LogP contribution in [0, 0.1) is 5.82 Å². The molecule has 1 aromatic carbocycles. The maximum Gasteiger partial charge on any atom is 0.173 e. The molecule has 0 aliphatic rings. The maximum absolute atomic E-state index is 13.2. The molecule has 0 spiro atoms. The first kappa shape index (κ1) is 11.3.